The van der Waals surface area contributed by atoms with Crippen LogP contribution in [0.15, 0.2) is 54.9 Å². The van der Waals surface area contributed by atoms with Gasteiger partial charge in [0.05, 0.1) is 19.3 Å². The number of amides is 2. The van der Waals surface area contributed by atoms with Crippen LogP contribution in [0.25, 0.3) is 0 Å². The lowest BCUT2D eigenvalue weighted by molar-refractivity contribution is 0.0441. The van der Waals surface area contributed by atoms with Crippen molar-refractivity contribution in [1.29, 1.82) is 0 Å². The summed E-state index contributed by atoms with van der Waals surface area (Å²) in [6.07, 6.45) is 3.44. The number of likely N-dealkylation sites (tertiary alicyclic amines) is 1. The van der Waals surface area contributed by atoms with Crippen molar-refractivity contribution in [3.8, 4) is 5.75 Å². The number of carbonyl (C=O) groups excluding carboxylic acids is 1. The van der Waals surface area contributed by atoms with Gasteiger partial charge in [0.2, 0.25) is 0 Å². The van der Waals surface area contributed by atoms with Crippen molar-refractivity contribution in [3.63, 3.8) is 0 Å². The van der Waals surface area contributed by atoms with E-state index in [1.165, 1.54) is 0 Å². The van der Waals surface area contributed by atoms with E-state index in [1.807, 2.05) is 42.5 Å². The van der Waals surface area contributed by atoms with E-state index in [0.717, 1.165) is 11.3 Å². The molecule has 0 unspecified atom stereocenters. The molecule has 1 aromatic heterocycles. The Morgan fingerprint density at radius 2 is 2.05 bits per heavy atom. The number of nitrogens with zero attached hydrogens (tertiary/aromatic N) is 2. The molecule has 3 rings (SSSR count). The van der Waals surface area contributed by atoms with Crippen molar-refractivity contribution in [2.45, 2.75) is 12.6 Å². The van der Waals surface area contributed by atoms with Gasteiger partial charge in [-0.15, -0.1) is 0 Å². The standard InChI is InChI=1S/C16H17N3O2/c20-16(18-9-13-5-2-1-3-6-13)19-11-15(12-19)21-14-7-4-8-17-10-14/h1-8,10,15H,9,11-12H2,(H,18,20). The molecule has 108 valence electrons. The first-order valence-electron chi connectivity index (χ1n) is 6.94. The summed E-state index contributed by atoms with van der Waals surface area (Å²) in [5.74, 6) is 0.742. The molecule has 1 aliphatic heterocycles. The summed E-state index contributed by atoms with van der Waals surface area (Å²) < 4.78 is 5.71. The molecular formula is C16H17N3O2. The average Bonchev–Trinajstić information content (AvgIpc) is 2.50. The van der Waals surface area contributed by atoms with Gasteiger partial charge < -0.3 is 15.0 Å². The van der Waals surface area contributed by atoms with Crippen LogP contribution in [0.5, 0.6) is 5.75 Å². The molecule has 2 amide bonds. The normalized spacial score (nSPS) is 14.4. The third kappa shape index (κ3) is 3.51. The number of carbonyl (C=O) groups is 1. The largest absolute Gasteiger partial charge is 0.485 e. The van der Waals surface area contributed by atoms with Crippen molar-refractivity contribution in [3.05, 3.63) is 60.4 Å². The van der Waals surface area contributed by atoms with Crippen molar-refractivity contribution in [1.82, 2.24) is 15.2 Å². The summed E-state index contributed by atoms with van der Waals surface area (Å²) in [6, 6.07) is 13.5. The Labute approximate surface area is 123 Å². The minimum Gasteiger partial charge on any atom is -0.485 e. The van der Waals surface area contributed by atoms with Gasteiger partial charge in [-0.2, -0.15) is 0 Å². The Kier molecular flexibility index (Phi) is 4.00. The molecule has 0 bridgehead atoms. The zero-order chi connectivity index (χ0) is 14.5. The number of urea groups is 1. The van der Waals surface area contributed by atoms with Crippen LogP contribution in [0, 0.1) is 0 Å². The van der Waals surface area contributed by atoms with Crippen molar-refractivity contribution >= 4 is 6.03 Å². The molecule has 0 atom stereocenters. The Morgan fingerprint density at radius 3 is 2.76 bits per heavy atom. The van der Waals surface area contributed by atoms with Gasteiger partial charge in [-0.3, -0.25) is 4.98 Å². The van der Waals surface area contributed by atoms with E-state index in [2.05, 4.69) is 10.3 Å². The molecule has 1 aromatic carbocycles. The van der Waals surface area contributed by atoms with Gasteiger partial charge in [-0.25, -0.2) is 4.79 Å². The summed E-state index contributed by atoms with van der Waals surface area (Å²) in [5.41, 5.74) is 1.09. The summed E-state index contributed by atoms with van der Waals surface area (Å²) in [4.78, 5) is 17.7. The smallest absolute Gasteiger partial charge is 0.317 e. The third-order valence-electron chi connectivity index (χ3n) is 3.36. The van der Waals surface area contributed by atoms with Gasteiger partial charge >= 0.3 is 6.03 Å². The molecule has 1 fully saturated rings. The van der Waals surface area contributed by atoms with Crippen LogP contribution >= 0.6 is 0 Å². The van der Waals surface area contributed by atoms with E-state index in [9.17, 15) is 4.79 Å². The predicted molar refractivity (Wildman–Crippen MR) is 78.9 cm³/mol. The summed E-state index contributed by atoms with van der Waals surface area (Å²) in [6.45, 7) is 1.76. The van der Waals surface area contributed by atoms with Crippen LogP contribution in [-0.4, -0.2) is 35.1 Å². The molecule has 2 heterocycles. The summed E-state index contributed by atoms with van der Waals surface area (Å²) in [5, 5.41) is 2.90. The molecule has 0 saturated carbocycles. The lowest BCUT2D eigenvalue weighted by atomic mass is 10.2. The minimum atomic E-state index is -0.0510. The van der Waals surface area contributed by atoms with Gasteiger partial charge in [0, 0.05) is 12.7 Å². The molecule has 1 saturated heterocycles. The number of benzene rings is 1. The van der Waals surface area contributed by atoms with E-state index in [1.54, 1.807) is 17.3 Å². The number of aromatic nitrogens is 1. The second-order valence-electron chi connectivity index (χ2n) is 4.98. The number of hydrogen-bond donors (Lipinski definition) is 1. The average molecular weight is 283 g/mol. The molecule has 21 heavy (non-hydrogen) atoms. The van der Waals surface area contributed by atoms with E-state index < -0.39 is 0 Å². The number of rotatable bonds is 4. The van der Waals surface area contributed by atoms with Gasteiger partial charge in [0.1, 0.15) is 11.9 Å². The lowest BCUT2D eigenvalue weighted by Crippen LogP contribution is -2.58. The van der Waals surface area contributed by atoms with Gasteiger partial charge in [0.25, 0.3) is 0 Å². The van der Waals surface area contributed by atoms with Gasteiger partial charge in [-0.1, -0.05) is 30.3 Å². The van der Waals surface area contributed by atoms with Crippen molar-refractivity contribution in [2.75, 3.05) is 13.1 Å². The monoisotopic (exact) mass is 283 g/mol. The topological polar surface area (TPSA) is 54.5 Å². The van der Waals surface area contributed by atoms with Crippen LogP contribution in [0.2, 0.25) is 0 Å². The van der Waals surface area contributed by atoms with Crippen LogP contribution in [0.3, 0.4) is 0 Å². The molecule has 0 radical (unpaired) electrons. The highest BCUT2D eigenvalue weighted by atomic mass is 16.5. The fourth-order valence-electron chi connectivity index (χ4n) is 2.17. The van der Waals surface area contributed by atoms with E-state index in [0.29, 0.717) is 19.6 Å². The zero-order valence-electron chi connectivity index (χ0n) is 11.6. The zero-order valence-corrected chi connectivity index (χ0v) is 11.6. The Balaban J connectivity index is 1.40. The molecule has 2 aromatic rings. The van der Waals surface area contributed by atoms with Crippen LogP contribution in [-0.2, 0) is 6.54 Å². The highest BCUT2D eigenvalue weighted by molar-refractivity contribution is 5.75. The second kappa shape index (κ2) is 6.26. The van der Waals surface area contributed by atoms with Crippen LogP contribution < -0.4 is 10.1 Å². The quantitative estimate of drug-likeness (QED) is 0.934. The number of hydrogen-bond acceptors (Lipinski definition) is 3. The number of ether oxygens (including phenoxy) is 1. The van der Waals surface area contributed by atoms with Gasteiger partial charge in [-0.05, 0) is 17.7 Å². The first kappa shape index (κ1) is 13.4. The molecule has 5 heteroatoms. The molecule has 0 aliphatic carbocycles. The van der Waals surface area contributed by atoms with E-state index >= 15 is 0 Å². The highest BCUT2D eigenvalue weighted by Gasteiger charge is 2.32. The fourth-order valence-corrected chi connectivity index (χ4v) is 2.17. The maximum absolute atomic E-state index is 11.9. The molecule has 1 aliphatic rings. The Bertz CT molecular complexity index is 583. The van der Waals surface area contributed by atoms with Gasteiger partial charge in [0.15, 0.2) is 0 Å². The van der Waals surface area contributed by atoms with Crippen LogP contribution in [0.4, 0.5) is 4.79 Å². The maximum atomic E-state index is 11.9. The van der Waals surface area contributed by atoms with Crippen molar-refractivity contribution in [2.24, 2.45) is 0 Å². The fraction of sp³-hybridized carbons (Fsp3) is 0.250. The molecule has 5 nitrogen and oxygen atoms in total. The Morgan fingerprint density at radius 1 is 1.24 bits per heavy atom. The predicted octanol–water partition coefficient (Wildman–Crippen LogP) is 2.05. The lowest BCUT2D eigenvalue weighted by Gasteiger charge is -2.38. The SMILES string of the molecule is O=C(NCc1ccccc1)N1CC(Oc2cccnc2)C1. The highest BCUT2D eigenvalue weighted by Crippen LogP contribution is 2.16. The molecular weight excluding hydrogens is 266 g/mol. The number of pyridine rings is 1. The molecule has 0 spiro atoms. The number of nitrogens with one attached hydrogen (secondary N) is 1. The second-order valence-corrected chi connectivity index (χ2v) is 4.98. The van der Waals surface area contributed by atoms with E-state index in [4.69, 9.17) is 4.74 Å². The molecule has 1 N–H and O–H groups in total. The van der Waals surface area contributed by atoms with Crippen molar-refractivity contribution < 1.29 is 9.53 Å². The summed E-state index contributed by atoms with van der Waals surface area (Å²) >= 11 is 0. The maximum Gasteiger partial charge on any atom is 0.317 e. The Hall–Kier alpha value is -2.56. The van der Waals surface area contributed by atoms with E-state index in [-0.39, 0.29) is 12.1 Å². The summed E-state index contributed by atoms with van der Waals surface area (Å²) in [7, 11) is 0. The first-order chi connectivity index (χ1) is 10.3. The third-order valence-corrected chi connectivity index (χ3v) is 3.36. The van der Waals surface area contributed by atoms with Crippen LogP contribution in [0.1, 0.15) is 5.56 Å². The minimum absolute atomic E-state index is 0.0510. The first-order valence-corrected chi connectivity index (χ1v) is 6.94.